The average molecular weight is 166 g/mol. The summed E-state index contributed by atoms with van der Waals surface area (Å²) in [5, 5.41) is 0. The molecule has 0 rings (SSSR count). The summed E-state index contributed by atoms with van der Waals surface area (Å²) in [5.41, 5.74) is 0. The monoisotopic (exact) mass is 166 g/mol. The topological polar surface area (TPSA) is 17.1 Å². The van der Waals surface area contributed by atoms with E-state index in [1.807, 2.05) is 0 Å². The van der Waals surface area contributed by atoms with E-state index in [1.54, 1.807) is 0 Å². The molecule has 8 heavy (non-hydrogen) atoms. The zero-order chi connectivity index (χ0) is 6.41. The van der Waals surface area contributed by atoms with Gasteiger partial charge in [0.15, 0.2) is 0 Å². The number of rotatable bonds is 4. The maximum atomic E-state index is 10.8. The lowest BCUT2D eigenvalue weighted by molar-refractivity contribution is 0.684. The first-order valence-corrected chi connectivity index (χ1v) is 7.47. The largest absolute Gasteiger partial charge is 0.260 e. The molecule has 0 aliphatic heterocycles. The van der Waals surface area contributed by atoms with Gasteiger partial charge in [0.1, 0.15) is 0 Å². The summed E-state index contributed by atoms with van der Waals surface area (Å²) in [5.74, 6) is 1.93. The molecule has 0 heterocycles. The molecule has 0 amide bonds. The standard InChI is InChI=1S/C4H14OSSi2/c5-6(1-3-7)2-4-8/h1-4H2,7-8H3. The maximum Gasteiger partial charge on any atom is 0.0204 e. The highest BCUT2D eigenvalue weighted by Gasteiger charge is 1.92. The van der Waals surface area contributed by atoms with Gasteiger partial charge in [-0.2, -0.15) is 0 Å². The van der Waals surface area contributed by atoms with E-state index in [1.165, 1.54) is 32.6 Å². The summed E-state index contributed by atoms with van der Waals surface area (Å²) in [4.78, 5) is 0. The predicted octanol–water partition coefficient (Wildman–Crippen LogP) is -1.70. The molecule has 0 spiro atoms. The minimum absolute atomic E-state index is 0.451. The van der Waals surface area contributed by atoms with Gasteiger partial charge < -0.3 is 0 Å². The zero-order valence-corrected chi connectivity index (χ0v) is 10.5. The third-order valence-electron chi connectivity index (χ3n) is 0.864. The molecule has 0 unspecified atom stereocenters. The van der Waals surface area contributed by atoms with E-state index >= 15 is 0 Å². The number of hydrogen-bond donors (Lipinski definition) is 0. The van der Waals surface area contributed by atoms with Gasteiger partial charge in [0.25, 0.3) is 0 Å². The first kappa shape index (κ1) is 8.58. The van der Waals surface area contributed by atoms with Gasteiger partial charge in [0.2, 0.25) is 0 Å². The molecule has 0 aromatic carbocycles. The normalized spacial score (nSPS) is 14.5. The molecular weight excluding hydrogens is 152 g/mol. The lowest BCUT2D eigenvalue weighted by atomic mass is 10.9. The first-order chi connectivity index (χ1) is 3.81. The van der Waals surface area contributed by atoms with Crippen molar-refractivity contribution < 1.29 is 4.21 Å². The minimum Gasteiger partial charge on any atom is -0.260 e. The average Bonchev–Trinajstić information content (AvgIpc) is 1.68. The van der Waals surface area contributed by atoms with Crippen molar-refractivity contribution in [3.05, 3.63) is 0 Å². The van der Waals surface area contributed by atoms with Gasteiger partial charge in [-0.3, -0.25) is 4.21 Å². The molecule has 0 saturated carbocycles. The highest BCUT2D eigenvalue weighted by atomic mass is 32.2. The Hall–Kier alpha value is 0.584. The Morgan fingerprint density at radius 3 is 1.75 bits per heavy atom. The second-order valence-electron chi connectivity index (χ2n) is 1.85. The molecule has 0 aliphatic rings. The summed E-state index contributed by atoms with van der Waals surface area (Å²) in [6.07, 6.45) is 0. The van der Waals surface area contributed by atoms with Crippen molar-refractivity contribution in [2.24, 2.45) is 0 Å². The molecule has 0 saturated heterocycles. The van der Waals surface area contributed by atoms with E-state index < -0.39 is 10.8 Å². The second kappa shape index (κ2) is 5.72. The molecule has 0 bridgehead atoms. The fourth-order valence-corrected chi connectivity index (χ4v) is 4.40. The summed E-state index contributed by atoms with van der Waals surface area (Å²) >= 11 is 0. The lowest BCUT2D eigenvalue weighted by Gasteiger charge is -1.93. The lowest BCUT2D eigenvalue weighted by Crippen LogP contribution is -2.00. The third-order valence-corrected chi connectivity index (χ3v) is 5.04. The van der Waals surface area contributed by atoms with Crippen LogP contribution in [0.3, 0.4) is 0 Å². The van der Waals surface area contributed by atoms with Gasteiger partial charge in [-0.05, 0) is 0 Å². The van der Waals surface area contributed by atoms with Gasteiger partial charge in [0.05, 0.1) is 0 Å². The van der Waals surface area contributed by atoms with E-state index in [2.05, 4.69) is 0 Å². The molecule has 0 aromatic heterocycles. The van der Waals surface area contributed by atoms with Crippen LogP contribution in [0, 0.1) is 0 Å². The van der Waals surface area contributed by atoms with Gasteiger partial charge >= 0.3 is 0 Å². The van der Waals surface area contributed by atoms with Gasteiger partial charge in [-0.1, -0.05) is 12.1 Å². The fourth-order valence-electron chi connectivity index (χ4n) is 0.557. The molecule has 0 aliphatic carbocycles. The molecule has 4 heteroatoms. The van der Waals surface area contributed by atoms with Crippen molar-refractivity contribution in [2.75, 3.05) is 11.5 Å². The first-order valence-electron chi connectivity index (χ1n) is 3.16. The van der Waals surface area contributed by atoms with E-state index in [0.29, 0.717) is 0 Å². The quantitative estimate of drug-likeness (QED) is 0.455. The molecule has 0 aromatic rings. The molecule has 1 nitrogen and oxygen atoms in total. The van der Waals surface area contributed by atoms with Gasteiger partial charge in [-0.25, -0.2) is 0 Å². The molecule has 0 N–H and O–H groups in total. The minimum atomic E-state index is -0.451. The van der Waals surface area contributed by atoms with Crippen LogP contribution < -0.4 is 0 Å². The van der Waals surface area contributed by atoms with Crippen LogP contribution in [0.2, 0.25) is 12.1 Å². The highest BCUT2D eigenvalue weighted by molar-refractivity contribution is 7.85. The van der Waals surface area contributed by atoms with Crippen LogP contribution >= 0.6 is 0 Å². The van der Waals surface area contributed by atoms with E-state index in [9.17, 15) is 4.21 Å². The Morgan fingerprint density at radius 1 is 1.12 bits per heavy atom. The van der Waals surface area contributed by atoms with Crippen LogP contribution in [0.15, 0.2) is 0 Å². The predicted molar refractivity (Wildman–Crippen MR) is 47.4 cm³/mol. The van der Waals surface area contributed by atoms with E-state index in [4.69, 9.17) is 0 Å². The van der Waals surface area contributed by atoms with Crippen LogP contribution in [0.5, 0.6) is 0 Å². The van der Waals surface area contributed by atoms with Crippen LogP contribution in [0.25, 0.3) is 0 Å². The van der Waals surface area contributed by atoms with Crippen LogP contribution in [-0.4, -0.2) is 36.2 Å². The van der Waals surface area contributed by atoms with Crippen molar-refractivity contribution in [3.8, 4) is 0 Å². The Kier molecular flexibility index (Phi) is 6.13. The van der Waals surface area contributed by atoms with Gasteiger partial charge in [-0.15, -0.1) is 0 Å². The summed E-state index contributed by atoms with van der Waals surface area (Å²) in [7, 11) is 1.97. The Balaban J connectivity index is 3.06. The summed E-state index contributed by atoms with van der Waals surface area (Å²) < 4.78 is 10.8. The SMILES string of the molecule is O=S(CC[SiH3])CC[SiH3]. The van der Waals surface area contributed by atoms with Crippen LogP contribution in [-0.2, 0) is 10.8 Å². The Labute approximate surface area is 59.6 Å². The molecule has 0 fully saturated rings. The maximum absolute atomic E-state index is 10.8. The summed E-state index contributed by atoms with van der Waals surface area (Å²) in [6, 6.07) is 2.41. The third kappa shape index (κ3) is 4.74. The van der Waals surface area contributed by atoms with Crippen molar-refractivity contribution in [1.82, 2.24) is 0 Å². The summed E-state index contributed by atoms with van der Waals surface area (Å²) in [6.45, 7) is 0. The van der Waals surface area contributed by atoms with Crippen molar-refractivity contribution in [2.45, 2.75) is 12.1 Å². The van der Waals surface area contributed by atoms with Crippen LogP contribution in [0.4, 0.5) is 0 Å². The molecule has 0 atom stereocenters. The van der Waals surface area contributed by atoms with Crippen molar-refractivity contribution in [1.29, 1.82) is 0 Å². The second-order valence-corrected chi connectivity index (χ2v) is 5.54. The molecule has 50 valence electrons. The van der Waals surface area contributed by atoms with Crippen LogP contribution in [0.1, 0.15) is 0 Å². The fraction of sp³-hybridized carbons (Fsp3) is 1.00. The Morgan fingerprint density at radius 2 is 1.50 bits per heavy atom. The van der Waals surface area contributed by atoms with Gasteiger partial charge in [0, 0.05) is 42.8 Å². The van der Waals surface area contributed by atoms with Crippen molar-refractivity contribution >= 4 is 31.3 Å². The highest BCUT2D eigenvalue weighted by Crippen LogP contribution is 1.86. The number of hydrogen-bond acceptors (Lipinski definition) is 1. The Bertz CT molecular complexity index is 68.4. The molecule has 0 radical (unpaired) electrons. The zero-order valence-electron chi connectivity index (χ0n) is 5.64. The van der Waals surface area contributed by atoms with E-state index in [0.717, 1.165) is 11.5 Å². The van der Waals surface area contributed by atoms with E-state index in [-0.39, 0.29) is 0 Å². The van der Waals surface area contributed by atoms with Crippen molar-refractivity contribution in [3.63, 3.8) is 0 Å². The smallest absolute Gasteiger partial charge is 0.0204 e. The molecular formula is C4H14OSSi2.